The van der Waals surface area contributed by atoms with Gasteiger partial charge in [0.25, 0.3) is 0 Å². The number of unbranched alkanes of at least 4 members (excludes halogenated alkanes) is 1. The summed E-state index contributed by atoms with van der Waals surface area (Å²) in [6.07, 6.45) is 1.08. The number of halogens is 3. The lowest BCUT2D eigenvalue weighted by Crippen LogP contribution is -2.16. The normalized spacial score (nSPS) is 11.6. The minimum absolute atomic E-state index is 0.0277. The fourth-order valence-electron chi connectivity index (χ4n) is 1.32. The van der Waals surface area contributed by atoms with Crippen LogP contribution in [0.2, 0.25) is 0 Å². The summed E-state index contributed by atoms with van der Waals surface area (Å²) < 4.78 is 53.6. The van der Waals surface area contributed by atoms with Crippen LogP contribution in [0.1, 0.15) is 12.8 Å². The van der Waals surface area contributed by atoms with Gasteiger partial charge in [0, 0.05) is 11.6 Å². The first-order valence-electron chi connectivity index (χ1n) is 5.54. The summed E-state index contributed by atoms with van der Waals surface area (Å²) in [5.74, 6) is 0.351. The van der Waals surface area contributed by atoms with Crippen LogP contribution < -0.4 is 9.46 Å². The third kappa shape index (κ3) is 6.58. The standard InChI is InChI=1S/C11H14ClF2NO3S/c12-7-1-2-8-19(16,17)15-9-3-5-10(6-4-9)18-11(13)14/h3-6,11,15H,1-2,7-8H2. The zero-order valence-corrected chi connectivity index (χ0v) is 11.6. The van der Waals surface area contributed by atoms with Gasteiger partial charge in [0.05, 0.1) is 5.75 Å². The molecule has 0 spiro atoms. The van der Waals surface area contributed by atoms with Gasteiger partial charge in [-0.15, -0.1) is 11.6 Å². The van der Waals surface area contributed by atoms with Gasteiger partial charge in [0.2, 0.25) is 10.0 Å². The molecule has 1 aromatic carbocycles. The largest absolute Gasteiger partial charge is 0.435 e. The zero-order chi connectivity index (χ0) is 14.3. The highest BCUT2D eigenvalue weighted by atomic mass is 35.5. The van der Waals surface area contributed by atoms with Crippen molar-refractivity contribution in [1.82, 2.24) is 0 Å². The highest BCUT2D eigenvalue weighted by molar-refractivity contribution is 7.92. The molecule has 0 atom stereocenters. The van der Waals surface area contributed by atoms with Gasteiger partial charge in [-0.25, -0.2) is 8.42 Å². The van der Waals surface area contributed by atoms with Crippen molar-refractivity contribution < 1.29 is 21.9 Å². The first-order valence-corrected chi connectivity index (χ1v) is 7.73. The van der Waals surface area contributed by atoms with Crippen LogP contribution >= 0.6 is 11.6 Å². The van der Waals surface area contributed by atoms with Crippen molar-refractivity contribution in [3.63, 3.8) is 0 Å². The molecule has 1 rings (SSSR count). The van der Waals surface area contributed by atoms with E-state index in [-0.39, 0.29) is 11.5 Å². The summed E-state index contributed by atoms with van der Waals surface area (Å²) >= 11 is 5.46. The van der Waals surface area contributed by atoms with Gasteiger partial charge in [0.1, 0.15) is 5.75 Å². The zero-order valence-electron chi connectivity index (χ0n) is 9.98. The Morgan fingerprint density at radius 2 is 1.84 bits per heavy atom. The van der Waals surface area contributed by atoms with Crippen molar-refractivity contribution >= 4 is 27.3 Å². The average molecular weight is 314 g/mol. The molecule has 0 bridgehead atoms. The van der Waals surface area contributed by atoms with E-state index >= 15 is 0 Å². The van der Waals surface area contributed by atoms with Crippen molar-refractivity contribution in [3.05, 3.63) is 24.3 Å². The van der Waals surface area contributed by atoms with Gasteiger partial charge in [-0.2, -0.15) is 8.78 Å². The molecule has 0 radical (unpaired) electrons. The number of alkyl halides is 3. The Morgan fingerprint density at radius 3 is 2.37 bits per heavy atom. The van der Waals surface area contributed by atoms with Crippen LogP contribution in [0.25, 0.3) is 0 Å². The van der Waals surface area contributed by atoms with Crippen molar-refractivity contribution in [2.45, 2.75) is 19.5 Å². The number of hydrogen-bond donors (Lipinski definition) is 1. The van der Waals surface area contributed by atoms with Gasteiger partial charge >= 0.3 is 6.61 Å². The van der Waals surface area contributed by atoms with E-state index in [4.69, 9.17) is 11.6 Å². The van der Waals surface area contributed by atoms with Crippen molar-refractivity contribution in [3.8, 4) is 5.75 Å². The number of anilines is 1. The molecule has 0 unspecified atom stereocenters. The maximum Gasteiger partial charge on any atom is 0.387 e. The molecule has 4 nitrogen and oxygen atoms in total. The topological polar surface area (TPSA) is 55.4 Å². The Bertz CT molecular complexity index is 479. The lowest BCUT2D eigenvalue weighted by atomic mass is 10.3. The summed E-state index contributed by atoms with van der Waals surface area (Å²) in [7, 11) is -3.44. The molecular formula is C11H14ClF2NO3S. The third-order valence-corrected chi connectivity index (χ3v) is 3.79. The Labute approximate surface area is 115 Å². The molecule has 0 aliphatic heterocycles. The molecule has 0 amide bonds. The lowest BCUT2D eigenvalue weighted by Gasteiger charge is -2.09. The highest BCUT2D eigenvalue weighted by Gasteiger charge is 2.10. The van der Waals surface area contributed by atoms with Gasteiger partial charge < -0.3 is 4.74 Å². The molecule has 8 heteroatoms. The fraction of sp³-hybridized carbons (Fsp3) is 0.455. The molecule has 0 aromatic heterocycles. The van der Waals surface area contributed by atoms with Crippen LogP contribution in [0, 0.1) is 0 Å². The van der Waals surface area contributed by atoms with Gasteiger partial charge in [-0.1, -0.05) is 0 Å². The second kappa shape index (κ2) is 7.49. The van der Waals surface area contributed by atoms with Crippen LogP contribution in [0.5, 0.6) is 5.75 Å². The second-order valence-corrected chi connectivity index (χ2v) is 5.94. The van der Waals surface area contributed by atoms with E-state index in [1.54, 1.807) is 0 Å². The summed E-state index contributed by atoms with van der Waals surface area (Å²) in [4.78, 5) is 0. The Hall–Kier alpha value is -1.08. The Morgan fingerprint density at radius 1 is 1.21 bits per heavy atom. The van der Waals surface area contributed by atoms with Gasteiger partial charge in [-0.3, -0.25) is 4.72 Å². The van der Waals surface area contributed by atoms with Gasteiger partial charge in [0.15, 0.2) is 0 Å². The molecule has 108 valence electrons. The maximum atomic E-state index is 11.9. The summed E-state index contributed by atoms with van der Waals surface area (Å²) in [5.41, 5.74) is 0.299. The molecule has 0 aliphatic carbocycles. The number of benzene rings is 1. The average Bonchev–Trinajstić information content (AvgIpc) is 2.31. The first kappa shape index (κ1) is 16.0. The van der Waals surface area contributed by atoms with E-state index in [1.807, 2.05) is 0 Å². The second-order valence-electron chi connectivity index (χ2n) is 3.72. The van der Waals surface area contributed by atoms with E-state index in [1.165, 1.54) is 24.3 Å². The predicted molar refractivity (Wildman–Crippen MR) is 70.4 cm³/mol. The van der Waals surface area contributed by atoms with Crippen LogP contribution in [-0.4, -0.2) is 26.7 Å². The van der Waals surface area contributed by atoms with Crippen molar-refractivity contribution in [2.75, 3.05) is 16.4 Å². The van der Waals surface area contributed by atoms with Crippen molar-refractivity contribution in [2.24, 2.45) is 0 Å². The molecule has 0 aliphatic rings. The number of nitrogens with one attached hydrogen (secondary N) is 1. The van der Waals surface area contributed by atoms with Crippen LogP contribution in [0.15, 0.2) is 24.3 Å². The van der Waals surface area contributed by atoms with Crippen LogP contribution in [0.3, 0.4) is 0 Å². The molecule has 1 aromatic rings. The van der Waals surface area contributed by atoms with E-state index < -0.39 is 16.6 Å². The first-order chi connectivity index (χ1) is 8.93. The monoisotopic (exact) mass is 313 g/mol. The van der Waals surface area contributed by atoms with Gasteiger partial charge in [-0.05, 0) is 37.1 Å². The Balaban J connectivity index is 2.57. The van der Waals surface area contributed by atoms with Crippen LogP contribution in [-0.2, 0) is 10.0 Å². The quantitative estimate of drug-likeness (QED) is 0.593. The van der Waals surface area contributed by atoms with E-state index in [0.29, 0.717) is 24.4 Å². The predicted octanol–water partition coefficient (Wildman–Crippen LogP) is 3.05. The van der Waals surface area contributed by atoms with E-state index in [2.05, 4.69) is 9.46 Å². The number of sulfonamides is 1. The van der Waals surface area contributed by atoms with E-state index in [9.17, 15) is 17.2 Å². The minimum Gasteiger partial charge on any atom is -0.435 e. The number of ether oxygens (including phenoxy) is 1. The smallest absolute Gasteiger partial charge is 0.387 e. The van der Waals surface area contributed by atoms with Crippen molar-refractivity contribution in [1.29, 1.82) is 0 Å². The maximum absolute atomic E-state index is 11.9. The molecule has 1 N–H and O–H groups in total. The summed E-state index contributed by atoms with van der Waals surface area (Å²) in [6.45, 7) is -2.90. The summed E-state index contributed by atoms with van der Waals surface area (Å²) in [5, 5.41) is 0. The molecular weight excluding hydrogens is 300 g/mol. The Kier molecular flexibility index (Phi) is 6.30. The third-order valence-electron chi connectivity index (χ3n) is 2.15. The molecule has 19 heavy (non-hydrogen) atoms. The molecule has 0 saturated carbocycles. The van der Waals surface area contributed by atoms with Crippen LogP contribution in [0.4, 0.5) is 14.5 Å². The summed E-state index contributed by atoms with van der Waals surface area (Å²) in [6, 6.07) is 5.25. The molecule has 0 fully saturated rings. The van der Waals surface area contributed by atoms with E-state index in [0.717, 1.165) is 0 Å². The lowest BCUT2D eigenvalue weighted by molar-refractivity contribution is -0.0498. The number of hydrogen-bond acceptors (Lipinski definition) is 3. The highest BCUT2D eigenvalue weighted by Crippen LogP contribution is 2.18. The molecule has 0 saturated heterocycles. The fourth-order valence-corrected chi connectivity index (χ4v) is 2.69. The minimum atomic E-state index is -3.44. The SMILES string of the molecule is O=S(=O)(CCCCCl)Nc1ccc(OC(F)F)cc1. The number of rotatable bonds is 8. The molecule has 0 heterocycles.